The van der Waals surface area contributed by atoms with Gasteiger partial charge in [0, 0.05) is 29.9 Å². The summed E-state index contributed by atoms with van der Waals surface area (Å²) in [5, 5.41) is 35.8. The van der Waals surface area contributed by atoms with Crippen LogP contribution in [-0.4, -0.2) is 80.0 Å². The molecule has 0 bridgehead atoms. The van der Waals surface area contributed by atoms with E-state index in [-0.39, 0.29) is 31.4 Å². The summed E-state index contributed by atoms with van der Waals surface area (Å²) in [5.41, 5.74) is 13.2. The van der Waals surface area contributed by atoms with Gasteiger partial charge in [-0.3, -0.25) is 24.0 Å². The van der Waals surface area contributed by atoms with Gasteiger partial charge < -0.3 is 47.7 Å². The maximum Gasteiger partial charge on any atom is 0.326 e. The minimum absolute atomic E-state index is 0.0267. The minimum Gasteiger partial charge on any atom is -0.508 e. The number of aromatic amines is 1. The van der Waals surface area contributed by atoms with Crippen LogP contribution < -0.4 is 27.4 Å². The van der Waals surface area contributed by atoms with Crippen LogP contribution in [0.5, 0.6) is 5.75 Å². The fourth-order valence-corrected chi connectivity index (χ4v) is 4.46. The van der Waals surface area contributed by atoms with Gasteiger partial charge in [-0.25, -0.2) is 4.79 Å². The number of phenolic OH excluding ortho intramolecular Hbond substituents is 1. The number of carboxylic acid groups (broad SMARTS) is 2. The number of hydrogen-bond acceptors (Lipinski definition) is 8. The summed E-state index contributed by atoms with van der Waals surface area (Å²) >= 11 is 0. The fraction of sp³-hybridized carbons (Fsp3) is 0.310. The van der Waals surface area contributed by atoms with Crippen LogP contribution >= 0.6 is 0 Å². The molecule has 0 saturated carbocycles. The Kier molecular flexibility index (Phi) is 11.4. The Labute approximate surface area is 251 Å². The van der Waals surface area contributed by atoms with Gasteiger partial charge in [-0.1, -0.05) is 30.3 Å². The zero-order valence-electron chi connectivity index (χ0n) is 23.5. The lowest BCUT2D eigenvalue weighted by atomic mass is 10.0. The maximum absolute atomic E-state index is 13.5. The van der Waals surface area contributed by atoms with Crippen molar-refractivity contribution in [2.24, 2.45) is 11.5 Å². The number of primary amides is 1. The molecular formula is C29H34N6O9. The molecule has 234 valence electrons. The molecule has 4 unspecified atom stereocenters. The van der Waals surface area contributed by atoms with E-state index in [1.54, 1.807) is 42.6 Å². The molecule has 3 aromatic rings. The van der Waals surface area contributed by atoms with E-state index in [0.717, 1.165) is 10.9 Å². The van der Waals surface area contributed by atoms with Crippen LogP contribution in [0.4, 0.5) is 0 Å². The van der Waals surface area contributed by atoms with E-state index in [9.17, 15) is 39.0 Å². The lowest BCUT2D eigenvalue weighted by Gasteiger charge is -2.25. The molecule has 0 saturated heterocycles. The number of amides is 4. The molecule has 15 nitrogen and oxygen atoms in total. The van der Waals surface area contributed by atoms with E-state index in [4.69, 9.17) is 16.6 Å². The number of aliphatic carboxylic acids is 2. The third-order valence-corrected chi connectivity index (χ3v) is 6.77. The normalized spacial score (nSPS) is 13.7. The van der Waals surface area contributed by atoms with E-state index in [2.05, 4.69) is 20.9 Å². The van der Waals surface area contributed by atoms with Crippen molar-refractivity contribution < 1.29 is 44.1 Å². The molecule has 0 aliphatic rings. The van der Waals surface area contributed by atoms with Gasteiger partial charge in [-0.05, 0) is 42.2 Å². The van der Waals surface area contributed by atoms with Gasteiger partial charge >= 0.3 is 11.9 Å². The Bertz CT molecular complexity index is 1520. The van der Waals surface area contributed by atoms with Crippen molar-refractivity contribution in [2.45, 2.75) is 56.3 Å². The highest BCUT2D eigenvalue weighted by Gasteiger charge is 2.32. The number of para-hydroxylation sites is 1. The van der Waals surface area contributed by atoms with Gasteiger partial charge in [0.2, 0.25) is 23.6 Å². The quantitative estimate of drug-likeness (QED) is 0.0980. The van der Waals surface area contributed by atoms with Crippen molar-refractivity contribution in [3.05, 3.63) is 65.9 Å². The molecule has 0 spiro atoms. The number of carbonyl (C=O) groups is 6. The standard InChI is InChI=1S/C29H34N6O9/c30-19(11-15-5-7-17(36)8-6-15)26(40)33-21(9-10-24(31)37)27(41)34-22(28(42)35-23(29(43)44)13-25(38)39)12-16-14-32-20-4-2-1-3-18(16)20/h1-8,14,19,21-23,32,36H,9-13,30H2,(H2,31,37)(H,33,40)(H,34,41)(H,35,42)(H,38,39)(H,43,44). The van der Waals surface area contributed by atoms with Crippen molar-refractivity contribution in [3.8, 4) is 5.75 Å². The minimum atomic E-state index is -1.79. The van der Waals surface area contributed by atoms with Crippen LogP contribution in [-0.2, 0) is 41.6 Å². The largest absolute Gasteiger partial charge is 0.508 e. The Balaban J connectivity index is 1.83. The number of carbonyl (C=O) groups excluding carboxylic acids is 4. The number of aromatic nitrogens is 1. The predicted octanol–water partition coefficient (Wildman–Crippen LogP) is -0.735. The van der Waals surface area contributed by atoms with Crippen LogP contribution in [0.1, 0.15) is 30.4 Å². The van der Waals surface area contributed by atoms with E-state index in [1.165, 1.54) is 12.1 Å². The van der Waals surface area contributed by atoms with Crippen LogP contribution in [0.2, 0.25) is 0 Å². The number of rotatable bonds is 16. The molecule has 0 aliphatic heterocycles. The summed E-state index contributed by atoms with van der Waals surface area (Å²) < 4.78 is 0. The van der Waals surface area contributed by atoms with Gasteiger partial charge in [0.25, 0.3) is 0 Å². The summed E-state index contributed by atoms with van der Waals surface area (Å²) in [6.07, 6.45) is 0.0736. The molecule has 3 rings (SSSR count). The topological polar surface area (TPSA) is 267 Å². The summed E-state index contributed by atoms with van der Waals surface area (Å²) in [6, 6.07) is 7.40. The first kappa shape index (κ1) is 33.1. The van der Waals surface area contributed by atoms with E-state index >= 15 is 0 Å². The third-order valence-electron chi connectivity index (χ3n) is 6.77. The molecule has 0 radical (unpaired) electrons. The first-order chi connectivity index (χ1) is 20.8. The van der Waals surface area contributed by atoms with Crippen LogP contribution in [0.15, 0.2) is 54.7 Å². The monoisotopic (exact) mass is 610 g/mol. The summed E-state index contributed by atoms with van der Waals surface area (Å²) in [4.78, 5) is 77.0. The van der Waals surface area contributed by atoms with Gasteiger partial charge in [-0.15, -0.1) is 0 Å². The molecular weight excluding hydrogens is 576 g/mol. The Morgan fingerprint density at radius 3 is 2.05 bits per heavy atom. The molecule has 2 aromatic carbocycles. The third kappa shape index (κ3) is 9.55. The number of fused-ring (bicyclic) bond motifs is 1. The number of benzene rings is 2. The van der Waals surface area contributed by atoms with Gasteiger partial charge in [0.05, 0.1) is 12.5 Å². The smallest absolute Gasteiger partial charge is 0.326 e. The number of nitrogens with two attached hydrogens (primary N) is 2. The average molecular weight is 611 g/mol. The molecule has 1 aromatic heterocycles. The van der Waals surface area contributed by atoms with Crippen molar-refractivity contribution in [1.82, 2.24) is 20.9 Å². The van der Waals surface area contributed by atoms with E-state index < -0.39 is 66.2 Å². The molecule has 0 fully saturated rings. The second-order valence-corrected chi connectivity index (χ2v) is 10.2. The average Bonchev–Trinajstić information content (AvgIpc) is 3.37. The summed E-state index contributed by atoms with van der Waals surface area (Å²) in [7, 11) is 0. The van der Waals surface area contributed by atoms with Gasteiger partial charge in [0.1, 0.15) is 23.9 Å². The molecule has 1 heterocycles. The SMILES string of the molecule is NC(=O)CCC(NC(=O)C(N)Cc1ccc(O)cc1)C(=O)NC(Cc1c[nH]c2ccccc12)C(=O)NC(CC(=O)O)C(=O)O. The molecule has 15 heteroatoms. The van der Waals surface area contributed by atoms with Gasteiger partial charge in [0.15, 0.2) is 0 Å². The predicted molar refractivity (Wildman–Crippen MR) is 156 cm³/mol. The maximum atomic E-state index is 13.5. The highest BCUT2D eigenvalue weighted by molar-refractivity contribution is 5.95. The van der Waals surface area contributed by atoms with E-state index in [0.29, 0.717) is 11.1 Å². The van der Waals surface area contributed by atoms with Crippen molar-refractivity contribution >= 4 is 46.5 Å². The molecule has 4 atom stereocenters. The van der Waals surface area contributed by atoms with Crippen molar-refractivity contribution in [2.75, 3.05) is 0 Å². The van der Waals surface area contributed by atoms with E-state index in [1.807, 2.05) is 0 Å². The lowest BCUT2D eigenvalue weighted by molar-refractivity contribution is -0.147. The summed E-state index contributed by atoms with van der Waals surface area (Å²) in [6.45, 7) is 0. The second kappa shape index (κ2) is 15.2. The first-order valence-electron chi connectivity index (χ1n) is 13.6. The van der Waals surface area contributed by atoms with Crippen LogP contribution in [0.25, 0.3) is 10.9 Å². The second-order valence-electron chi connectivity index (χ2n) is 10.2. The number of aromatic hydroxyl groups is 1. The summed E-state index contributed by atoms with van der Waals surface area (Å²) in [5.74, 6) is -6.40. The molecule has 4 amide bonds. The zero-order chi connectivity index (χ0) is 32.4. The van der Waals surface area contributed by atoms with Gasteiger partial charge in [-0.2, -0.15) is 0 Å². The highest BCUT2D eigenvalue weighted by atomic mass is 16.4. The Morgan fingerprint density at radius 2 is 1.41 bits per heavy atom. The number of phenols is 1. The first-order valence-corrected chi connectivity index (χ1v) is 13.6. The number of hydrogen-bond donors (Lipinski definition) is 9. The lowest BCUT2D eigenvalue weighted by Crippen LogP contribution is -2.58. The Hall–Kier alpha value is -5.44. The molecule has 11 N–H and O–H groups in total. The zero-order valence-corrected chi connectivity index (χ0v) is 23.5. The van der Waals surface area contributed by atoms with Crippen LogP contribution in [0, 0.1) is 0 Å². The van der Waals surface area contributed by atoms with Crippen molar-refractivity contribution in [1.29, 1.82) is 0 Å². The molecule has 44 heavy (non-hydrogen) atoms. The molecule has 0 aliphatic carbocycles. The number of carboxylic acids is 2. The Morgan fingerprint density at radius 1 is 0.795 bits per heavy atom. The number of nitrogens with one attached hydrogen (secondary N) is 4. The van der Waals surface area contributed by atoms with Crippen molar-refractivity contribution in [3.63, 3.8) is 0 Å². The number of H-pyrrole nitrogens is 1. The van der Waals surface area contributed by atoms with Crippen LogP contribution in [0.3, 0.4) is 0 Å². The highest BCUT2D eigenvalue weighted by Crippen LogP contribution is 2.19. The fourth-order valence-electron chi connectivity index (χ4n) is 4.46.